The van der Waals surface area contributed by atoms with Crippen LogP contribution >= 0.6 is 0 Å². The van der Waals surface area contributed by atoms with E-state index in [0.29, 0.717) is 0 Å². The van der Waals surface area contributed by atoms with Crippen LogP contribution in [0, 0.1) is 17.1 Å². The second kappa shape index (κ2) is 10.4. The van der Waals surface area contributed by atoms with Gasteiger partial charge >= 0.3 is 6.18 Å². The Morgan fingerprint density at radius 2 is 1.73 bits per heavy atom. The standard InChI is InChI=1S/C23H23F4N3O5S2/c1-36(32,33)18-4-2-3-15(11-18)12-37(34,35)13-19(21(31)30-22(14-28)9-10-22)29-20(23(25,26)27)16-5-7-17(24)8-6-16/h2-8,11,19-20,29H,9-10,12-13H2,1H3,(H,30,31)/t19-,20+/m0/s1. The van der Waals surface area contributed by atoms with Crippen molar-refractivity contribution in [3.05, 3.63) is 65.5 Å². The minimum Gasteiger partial charge on any atom is -0.336 e. The number of carbonyl (C=O) groups is 1. The molecule has 8 nitrogen and oxygen atoms in total. The first-order chi connectivity index (χ1) is 17.0. The second-order valence-electron chi connectivity index (χ2n) is 8.90. The number of benzene rings is 2. The van der Waals surface area contributed by atoms with Crippen LogP contribution in [-0.4, -0.2) is 52.5 Å². The largest absolute Gasteiger partial charge is 0.407 e. The number of nitrogens with one attached hydrogen (secondary N) is 2. The van der Waals surface area contributed by atoms with Gasteiger partial charge in [0.05, 0.1) is 22.5 Å². The SMILES string of the molecule is CS(=O)(=O)c1cccc(CS(=O)(=O)C[C@H](N[C@H](c2ccc(F)cc2)C(F)(F)F)C(=O)NC2(C#N)CC2)c1. The molecule has 2 aromatic carbocycles. The number of amides is 1. The van der Waals surface area contributed by atoms with E-state index in [4.69, 9.17) is 0 Å². The number of nitrogens with zero attached hydrogens (tertiary/aromatic N) is 1. The molecule has 2 N–H and O–H groups in total. The second-order valence-corrected chi connectivity index (χ2v) is 13.0. The van der Waals surface area contributed by atoms with Gasteiger partial charge in [0.25, 0.3) is 0 Å². The zero-order chi connectivity index (χ0) is 27.6. The maximum atomic E-state index is 13.9. The molecule has 0 saturated heterocycles. The van der Waals surface area contributed by atoms with Crippen molar-refractivity contribution in [1.82, 2.24) is 10.6 Å². The molecule has 37 heavy (non-hydrogen) atoms. The van der Waals surface area contributed by atoms with Gasteiger partial charge in [-0.3, -0.25) is 10.1 Å². The van der Waals surface area contributed by atoms with E-state index in [9.17, 15) is 44.5 Å². The predicted molar refractivity (Wildman–Crippen MR) is 125 cm³/mol. The van der Waals surface area contributed by atoms with Crippen molar-refractivity contribution in [2.75, 3.05) is 12.0 Å². The van der Waals surface area contributed by atoms with Crippen molar-refractivity contribution >= 4 is 25.6 Å². The number of sulfone groups is 2. The molecule has 0 aromatic heterocycles. The molecule has 200 valence electrons. The Hall–Kier alpha value is -3.02. The Labute approximate surface area is 211 Å². The average molecular weight is 562 g/mol. The molecule has 0 radical (unpaired) electrons. The van der Waals surface area contributed by atoms with E-state index in [2.05, 4.69) is 5.32 Å². The molecular formula is C23H23F4N3O5S2. The van der Waals surface area contributed by atoms with E-state index in [1.807, 2.05) is 11.4 Å². The van der Waals surface area contributed by atoms with Crippen molar-refractivity contribution in [2.45, 2.75) is 47.3 Å². The number of rotatable bonds is 10. The summed E-state index contributed by atoms with van der Waals surface area (Å²) < 4.78 is 105. The van der Waals surface area contributed by atoms with Crippen LogP contribution in [-0.2, 0) is 30.2 Å². The Bertz CT molecular complexity index is 1420. The lowest BCUT2D eigenvalue weighted by atomic mass is 10.0. The Kier molecular flexibility index (Phi) is 8.02. The van der Waals surface area contributed by atoms with Gasteiger partial charge in [0.1, 0.15) is 23.4 Å². The fraction of sp³-hybridized carbons (Fsp3) is 0.391. The van der Waals surface area contributed by atoms with Crippen molar-refractivity contribution in [1.29, 1.82) is 5.26 Å². The Morgan fingerprint density at radius 1 is 1.11 bits per heavy atom. The summed E-state index contributed by atoms with van der Waals surface area (Å²) in [6.45, 7) is 0. The number of hydrogen-bond donors (Lipinski definition) is 2. The lowest BCUT2D eigenvalue weighted by molar-refractivity contribution is -0.160. The van der Waals surface area contributed by atoms with Crippen LogP contribution in [0.25, 0.3) is 0 Å². The smallest absolute Gasteiger partial charge is 0.336 e. The minimum absolute atomic E-state index is 0.0590. The summed E-state index contributed by atoms with van der Waals surface area (Å²) in [5.41, 5.74) is -1.68. The Morgan fingerprint density at radius 3 is 2.24 bits per heavy atom. The van der Waals surface area contributed by atoms with Gasteiger partial charge in [-0.2, -0.15) is 18.4 Å². The van der Waals surface area contributed by atoms with Crippen LogP contribution in [0.2, 0.25) is 0 Å². The molecule has 1 fully saturated rings. The first kappa shape index (κ1) is 28.5. The number of halogens is 4. The summed E-state index contributed by atoms with van der Waals surface area (Å²) in [5, 5.41) is 13.6. The highest BCUT2D eigenvalue weighted by Gasteiger charge is 2.48. The van der Waals surface area contributed by atoms with E-state index in [0.717, 1.165) is 36.6 Å². The molecule has 0 unspecified atom stereocenters. The van der Waals surface area contributed by atoms with Crippen LogP contribution in [0.1, 0.15) is 30.0 Å². The van der Waals surface area contributed by atoms with Crippen LogP contribution in [0.15, 0.2) is 53.4 Å². The maximum Gasteiger partial charge on any atom is 0.407 e. The molecule has 0 spiro atoms. The lowest BCUT2D eigenvalue weighted by Crippen LogP contribution is -2.54. The van der Waals surface area contributed by atoms with Gasteiger partial charge in [-0.05, 0) is 48.2 Å². The maximum absolute atomic E-state index is 13.9. The summed E-state index contributed by atoms with van der Waals surface area (Å²) in [6.07, 6.45) is -3.54. The minimum atomic E-state index is -4.99. The normalized spacial score (nSPS) is 16.9. The molecule has 0 aliphatic heterocycles. The highest BCUT2D eigenvalue weighted by Crippen LogP contribution is 2.36. The van der Waals surface area contributed by atoms with Gasteiger partial charge in [-0.25, -0.2) is 21.2 Å². The third kappa shape index (κ3) is 7.73. The fourth-order valence-corrected chi connectivity index (χ4v) is 5.83. The summed E-state index contributed by atoms with van der Waals surface area (Å²) in [6, 6.07) is 5.74. The summed E-state index contributed by atoms with van der Waals surface area (Å²) in [7, 11) is -7.94. The van der Waals surface area contributed by atoms with Gasteiger partial charge in [0.2, 0.25) is 5.91 Å². The fourth-order valence-electron chi connectivity index (χ4n) is 3.58. The predicted octanol–water partition coefficient (Wildman–Crippen LogP) is 2.58. The molecule has 1 aliphatic rings. The van der Waals surface area contributed by atoms with Crippen molar-refractivity contribution in [2.24, 2.45) is 0 Å². The molecule has 1 aliphatic carbocycles. The number of carbonyl (C=O) groups excluding carboxylic acids is 1. The van der Waals surface area contributed by atoms with Gasteiger partial charge in [0.15, 0.2) is 19.7 Å². The van der Waals surface area contributed by atoms with E-state index < -0.39 is 72.3 Å². The van der Waals surface area contributed by atoms with E-state index in [1.165, 1.54) is 18.2 Å². The number of alkyl halides is 3. The Balaban J connectivity index is 1.92. The lowest BCUT2D eigenvalue weighted by Gasteiger charge is -2.28. The van der Waals surface area contributed by atoms with Gasteiger partial charge in [-0.15, -0.1) is 0 Å². The number of nitriles is 1. The highest BCUT2D eigenvalue weighted by atomic mass is 32.2. The zero-order valence-electron chi connectivity index (χ0n) is 19.4. The summed E-state index contributed by atoms with van der Waals surface area (Å²) in [4.78, 5) is 12.8. The average Bonchev–Trinajstić information content (AvgIpc) is 3.55. The third-order valence-electron chi connectivity index (χ3n) is 5.68. The van der Waals surface area contributed by atoms with Crippen molar-refractivity contribution < 1.29 is 39.2 Å². The highest BCUT2D eigenvalue weighted by molar-refractivity contribution is 7.91. The van der Waals surface area contributed by atoms with Crippen LogP contribution in [0.5, 0.6) is 0 Å². The van der Waals surface area contributed by atoms with Crippen molar-refractivity contribution in [3.8, 4) is 6.07 Å². The first-order valence-corrected chi connectivity index (χ1v) is 14.6. The molecular weight excluding hydrogens is 538 g/mol. The van der Waals surface area contributed by atoms with Crippen molar-refractivity contribution in [3.63, 3.8) is 0 Å². The monoisotopic (exact) mass is 561 g/mol. The summed E-state index contributed by atoms with van der Waals surface area (Å²) >= 11 is 0. The van der Waals surface area contributed by atoms with Crippen LogP contribution in [0.4, 0.5) is 17.6 Å². The quantitative estimate of drug-likeness (QED) is 0.426. The topological polar surface area (TPSA) is 133 Å². The summed E-state index contributed by atoms with van der Waals surface area (Å²) in [5.74, 6) is -3.75. The van der Waals surface area contributed by atoms with Gasteiger partial charge < -0.3 is 5.32 Å². The van der Waals surface area contributed by atoms with E-state index in [-0.39, 0.29) is 23.3 Å². The van der Waals surface area contributed by atoms with Gasteiger partial charge in [0, 0.05) is 6.26 Å². The zero-order valence-corrected chi connectivity index (χ0v) is 21.1. The molecule has 3 rings (SSSR count). The van der Waals surface area contributed by atoms with E-state index in [1.54, 1.807) is 0 Å². The third-order valence-corrected chi connectivity index (χ3v) is 8.40. The molecule has 0 bridgehead atoms. The molecule has 2 atom stereocenters. The molecule has 0 heterocycles. The number of hydrogen-bond acceptors (Lipinski definition) is 7. The molecule has 14 heteroatoms. The van der Waals surface area contributed by atoms with E-state index >= 15 is 0 Å². The van der Waals surface area contributed by atoms with Crippen LogP contribution in [0.3, 0.4) is 0 Å². The first-order valence-electron chi connectivity index (χ1n) is 10.8. The molecule has 2 aromatic rings. The molecule has 1 amide bonds. The van der Waals surface area contributed by atoms with Crippen LogP contribution < -0.4 is 10.6 Å². The molecule has 1 saturated carbocycles. The van der Waals surface area contributed by atoms with Gasteiger partial charge in [-0.1, -0.05) is 24.3 Å².